The molecule has 0 aromatic heterocycles. The standard InChI is InChI=1S/C14H19NO3S/c1-11(7-8-14(17)18)9-15-13(16)10-19-12-5-3-2-4-6-12/h2-6,11H,7-10H2,1H3,(H,15,16)(H,17,18). The molecule has 0 heterocycles. The maximum atomic E-state index is 11.6. The Balaban J connectivity index is 2.16. The summed E-state index contributed by atoms with van der Waals surface area (Å²) in [6.45, 7) is 2.47. The van der Waals surface area contributed by atoms with E-state index >= 15 is 0 Å². The van der Waals surface area contributed by atoms with E-state index in [4.69, 9.17) is 5.11 Å². The molecule has 0 fully saturated rings. The van der Waals surface area contributed by atoms with Gasteiger partial charge in [0.25, 0.3) is 0 Å². The van der Waals surface area contributed by atoms with Gasteiger partial charge in [0.2, 0.25) is 5.91 Å². The van der Waals surface area contributed by atoms with E-state index in [1.54, 1.807) is 0 Å². The number of aliphatic carboxylic acids is 1. The van der Waals surface area contributed by atoms with E-state index in [9.17, 15) is 9.59 Å². The molecule has 1 aromatic rings. The summed E-state index contributed by atoms with van der Waals surface area (Å²) in [5.74, 6) is -0.244. The molecule has 19 heavy (non-hydrogen) atoms. The van der Waals surface area contributed by atoms with Gasteiger partial charge in [-0.2, -0.15) is 0 Å². The lowest BCUT2D eigenvalue weighted by molar-refractivity contribution is -0.137. The van der Waals surface area contributed by atoms with Crippen molar-refractivity contribution in [3.63, 3.8) is 0 Å². The summed E-state index contributed by atoms with van der Waals surface area (Å²) in [5, 5.41) is 11.4. The van der Waals surface area contributed by atoms with E-state index in [-0.39, 0.29) is 18.2 Å². The summed E-state index contributed by atoms with van der Waals surface area (Å²) in [5.41, 5.74) is 0. The zero-order valence-corrected chi connectivity index (χ0v) is 11.8. The highest BCUT2D eigenvalue weighted by molar-refractivity contribution is 8.00. The van der Waals surface area contributed by atoms with Crippen molar-refractivity contribution in [2.24, 2.45) is 5.92 Å². The summed E-state index contributed by atoms with van der Waals surface area (Å²) in [6.07, 6.45) is 0.733. The number of nitrogens with one attached hydrogen (secondary N) is 1. The molecule has 1 rings (SSSR count). The molecule has 0 spiro atoms. The van der Waals surface area contributed by atoms with Crippen LogP contribution in [0.25, 0.3) is 0 Å². The van der Waals surface area contributed by atoms with Crippen LogP contribution in [0, 0.1) is 5.92 Å². The number of thioether (sulfide) groups is 1. The van der Waals surface area contributed by atoms with Gasteiger partial charge in [0, 0.05) is 17.9 Å². The summed E-state index contributed by atoms with van der Waals surface area (Å²) >= 11 is 1.49. The first-order chi connectivity index (χ1) is 9.08. The Labute approximate surface area is 117 Å². The van der Waals surface area contributed by atoms with Crippen molar-refractivity contribution >= 4 is 23.6 Å². The van der Waals surface area contributed by atoms with Crippen molar-refractivity contribution in [3.8, 4) is 0 Å². The third-order valence-corrected chi connectivity index (χ3v) is 3.62. The van der Waals surface area contributed by atoms with Crippen LogP contribution in [-0.2, 0) is 9.59 Å². The zero-order chi connectivity index (χ0) is 14.1. The Bertz CT molecular complexity index is 408. The maximum absolute atomic E-state index is 11.6. The summed E-state index contributed by atoms with van der Waals surface area (Å²) in [6, 6.07) is 9.75. The molecule has 1 aromatic carbocycles. The molecule has 4 nitrogen and oxygen atoms in total. The molecule has 5 heteroatoms. The Morgan fingerprint density at radius 1 is 1.32 bits per heavy atom. The average Bonchev–Trinajstić information content (AvgIpc) is 2.41. The van der Waals surface area contributed by atoms with Crippen LogP contribution >= 0.6 is 11.8 Å². The number of carbonyl (C=O) groups is 2. The van der Waals surface area contributed by atoms with Crippen molar-refractivity contribution < 1.29 is 14.7 Å². The van der Waals surface area contributed by atoms with Crippen LogP contribution in [0.5, 0.6) is 0 Å². The van der Waals surface area contributed by atoms with Crippen LogP contribution < -0.4 is 5.32 Å². The number of hydrogen-bond donors (Lipinski definition) is 2. The Morgan fingerprint density at radius 2 is 2.00 bits per heavy atom. The molecule has 1 atom stereocenters. The van der Waals surface area contributed by atoms with Crippen LogP contribution in [0.3, 0.4) is 0 Å². The molecule has 104 valence electrons. The third-order valence-electron chi connectivity index (χ3n) is 2.61. The molecule has 2 N–H and O–H groups in total. The number of carbonyl (C=O) groups excluding carboxylic acids is 1. The predicted molar refractivity (Wildman–Crippen MR) is 76.2 cm³/mol. The minimum atomic E-state index is -0.794. The van der Waals surface area contributed by atoms with Crippen molar-refractivity contribution in [1.82, 2.24) is 5.32 Å². The minimum absolute atomic E-state index is 0.0176. The van der Waals surface area contributed by atoms with Gasteiger partial charge in [-0.05, 0) is 24.5 Å². The first-order valence-electron chi connectivity index (χ1n) is 6.24. The van der Waals surface area contributed by atoms with Gasteiger partial charge in [-0.1, -0.05) is 25.1 Å². The normalized spacial score (nSPS) is 11.8. The molecule has 0 bridgehead atoms. The molecule has 0 saturated carbocycles. The number of carboxylic acid groups (broad SMARTS) is 1. The van der Waals surface area contributed by atoms with Crippen molar-refractivity contribution in [2.45, 2.75) is 24.7 Å². The molecule has 1 amide bonds. The van der Waals surface area contributed by atoms with E-state index in [2.05, 4.69) is 5.32 Å². The lowest BCUT2D eigenvalue weighted by Crippen LogP contribution is -2.29. The first-order valence-corrected chi connectivity index (χ1v) is 7.23. The second-order valence-electron chi connectivity index (χ2n) is 4.44. The van der Waals surface area contributed by atoms with Crippen LogP contribution in [0.1, 0.15) is 19.8 Å². The van der Waals surface area contributed by atoms with Gasteiger partial charge in [0.1, 0.15) is 0 Å². The SMILES string of the molecule is CC(CCC(=O)O)CNC(=O)CSc1ccccc1. The zero-order valence-electron chi connectivity index (χ0n) is 11.0. The smallest absolute Gasteiger partial charge is 0.303 e. The van der Waals surface area contributed by atoms with Gasteiger partial charge < -0.3 is 10.4 Å². The minimum Gasteiger partial charge on any atom is -0.481 e. The highest BCUT2D eigenvalue weighted by Gasteiger charge is 2.08. The fourth-order valence-corrected chi connectivity index (χ4v) is 2.23. The third kappa shape index (κ3) is 7.51. The number of rotatable bonds is 8. The lowest BCUT2D eigenvalue weighted by atomic mass is 10.1. The van der Waals surface area contributed by atoms with Crippen molar-refractivity contribution in [2.75, 3.05) is 12.3 Å². The van der Waals surface area contributed by atoms with Crippen LogP contribution in [-0.4, -0.2) is 29.3 Å². The summed E-state index contributed by atoms with van der Waals surface area (Å²) in [4.78, 5) is 23.1. The number of amides is 1. The number of benzene rings is 1. The Morgan fingerprint density at radius 3 is 2.63 bits per heavy atom. The maximum Gasteiger partial charge on any atom is 0.303 e. The van der Waals surface area contributed by atoms with Gasteiger partial charge in [-0.15, -0.1) is 11.8 Å². The first kappa shape index (κ1) is 15.6. The van der Waals surface area contributed by atoms with E-state index in [1.165, 1.54) is 11.8 Å². The van der Waals surface area contributed by atoms with Gasteiger partial charge >= 0.3 is 5.97 Å². The van der Waals surface area contributed by atoms with Crippen molar-refractivity contribution in [1.29, 1.82) is 0 Å². The quantitative estimate of drug-likeness (QED) is 0.718. The molecule has 0 aliphatic rings. The van der Waals surface area contributed by atoms with E-state index in [0.717, 1.165) is 4.90 Å². The summed E-state index contributed by atoms with van der Waals surface area (Å²) in [7, 11) is 0. The van der Waals surface area contributed by atoms with Crippen LogP contribution in [0.15, 0.2) is 35.2 Å². The monoisotopic (exact) mass is 281 g/mol. The van der Waals surface area contributed by atoms with Gasteiger partial charge in [-0.25, -0.2) is 0 Å². The topological polar surface area (TPSA) is 66.4 Å². The summed E-state index contributed by atoms with van der Waals surface area (Å²) < 4.78 is 0. The lowest BCUT2D eigenvalue weighted by Gasteiger charge is -2.11. The highest BCUT2D eigenvalue weighted by Crippen LogP contribution is 2.16. The molecule has 0 aliphatic heterocycles. The second kappa shape index (κ2) is 8.58. The molecular weight excluding hydrogens is 262 g/mol. The number of hydrogen-bond acceptors (Lipinski definition) is 3. The van der Waals surface area contributed by atoms with E-state index in [1.807, 2.05) is 37.3 Å². The van der Waals surface area contributed by atoms with Crippen LogP contribution in [0.4, 0.5) is 0 Å². The van der Waals surface area contributed by atoms with E-state index in [0.29, 0.717) is 18.7 Å². The van der Waals surface area contributed by atoms with Crippen LogP contribution in [0.2, 0.25) is 0 Å². The molecule has 0 aliphatic carbocycles. The molecular formula is C14H19NO3S. The Hall–Kier alpha value is -1.49. The van der Waals surface area contributed by atoms with Gasteiger partial charge in [0.05, 0.1) is 5.75 Å². The predicted octanol–water partition coefficient (Wildman–Crippen LogP) is 2.40. The molecule has 0 saturated heterocycles. The second-order valence-corrected chi connectivity index (χ2v) is 5.49. The largest absolute Gasteiger partial charge is 0.481 e. The van der Waals surface area contributed by atoms with Gasteiger partial charge in [0.15, 0.2) is 0 Å². The van der Waals surface area contributed by atoms with E-state index < -0.39 is 5.97 Å². The van der Waals surface area contributed by atoms with Crippen molar-refractivity contribution in [3.05, 3.63) is 30.3 Å². The molecule has 0 radical (unpaired) electrons. The van der Waals surface area contributed by atoms with Gasteiger partial charge in [-0.3, -0.25) is 9.59 Å². The fourth-order valence-electron chi connectivity index (χ4n) is 1.48. The Kier molecular flexibility index (Phi) is 7.03. The molecule has 1 unspecified atom stereocenters. The highest BCUT2D eigenvalue weighted by atomic mass is 32.2. The number of carboxylic acids is 1. The fraction of sp³-hybridized carbons (Fsp3) is 0.429. The average molecular weight is 281 g/mol.